The molecule has 6 heteroatoms. The lowest BCUT2D eigenvalue weighted by atomic mass is 10.2. The van der Waals surface area contributed by atoms with Crippen LogP contribution in [0.25, 0.3) is 11.0 Å². The van der Waals surface area contributed by atoms with Gasteiger partial charge >= 0.3 is 0 Å². The first-order valence-corrected chi connectivity index (χ1v) is 6.58. The summed E-state index contributed by atoms with van der Waals surface area (Å²) in [6.07, 6.45) is 1.59. The van der Waals surface area contributed by atoms with Crippen molar-refractivity contribution in [1.82, 2.24) is 9.97 Å². The third kappa shape index (κ3) is 2.48. The fraction of sp³-hybridized carbons (Fsp3) is 0. The maximum Gasteiger partial charge on any atom is 0.255 e. The van der Waals surface area contributed by atoms with Crippen molar-refractivity contribution in [3.05, 3.63) is 58.3 Å². The number of benzene rings is 2. The highest BCUT2D eigenvalue weighted by atomic mass is 35.5. The number of nitrogens with zero attached hydrogens (tertiary/aromatic N) is 1. The van der Waals surface area contributed by atoms with Crippen LogP contribution in [-0.2, 0) is 0 Å². The molecule has 0 saturated heterocycles. The summed E-state index contributed by atoms with van der Waals surface area (Å²) >= 11 is 11.8. The van der Waals surface area contributed by atoms with Crippen molar-refractivity contribution in [3.63, 3.8) is 0 Å². The van der Waals surface area contributed by atoms with E-state index in [1.807, 2.05) is 0 Å². The summed E-state index contributed by atoms with van der Waals surface area (Å²) in [4.78, 5) is 19.2. The SMILES string of the molecule is O=C(Nc1ccc(Cl)cc1Cl)c1ccc2nc[nH]c2c1. The van der Waals surface area contributed by atoms with Gasteiger partial charge in [-0.3, -0.25) is 4.79 Å². The molecule has 0 spiro atoms. The Hall–Kier alpha value is -2.04. The van der Waals surface area contributed by atoms with Crippen molar-refractivity contribution >= 4 is 45.8 Å². The zero-order chi connectivity index (χ0) is 14.1. The Balaban J connectivity index is 1.88. The maximum atomic E-state index is 12.2. The van der Waals surface area contributed by atoms with Crippen molar-refractivity contribution in [2.75, 3.05) is 5.32 Å². The molecule has 0 atom stereocenters. The minimum Gasteiger partial charge on any atom is -0.345 e. The van der Waals surface area contributed by atoms with Gasteiger partial charge < -0.3 is 10.3 Å². The number of anilines is 1. The minimum absolute atomic E-state index is 0.245. The number of hydrogen-bond donors (Lipinski definition) is 2. The van der Waals surface area contributed by atoms with Crippen LogP contribution < -0.4 is 5.32 Å². The summed E-state index contributed by atoms with van der Waals surface area (Å²) in [7, 11) is 0. The fourth-order valence-corrected chi connectivity index (χ4v) is 2.32. The molecular formula is C14H9Cl2N3O. The third-order valence-electron chi connectivity index (χ3n) is 2.86. The molecule has 2 aromatic carbocycles. The van der Waals surface area contributed by atoms with Gasteiger partial charge in [0.1, 0.15) is 0 Å². The summed E-state index contributed by atoms with van der Waals surface area (Å²) in [5.41, 5.74) is 2.66. The second-order valence-corrected chi connectivity index (χ2v) is 5.06. The van der Waals surface area contributed by atoms with Crippen LogP contribution in [0.3, 0.4) is 0 Å². The molecule has 0 unspecified atom stereocenters. The van der Waals surface area contributed by atoms with E-state index in [0.29, 0.717) is 21.3 Å². The van der Waals surface area contributed by atoms with Gasteiger partial charge in [-0.05, 0) is 36.4 Å². The molecule has 0 aliphatic carbocycles. The Morgan fingerprint density at radius 3 is 2.80 bits per heavy atom. The first-order valence-electron chi connectivity index (χ1n) is 5.83. The fourth-order valence-electron chi connectivity index (χ4n) is 1.86. The van der Waals surface area contributed by atoms with Gasteiger partial charge in [0.25, 0.3) is 5.91 Å². The topological polar surface area (TPSA) is 57.8 Å². The lowest BCUT2D eigenvalue weighted by Gasteiger charge is -2.07. The standard InChI is InChI=1S/C14H9Cl2N3O/c15-9-2-4-11(10(16)6-9)19-14(20)8-1-3-12-13(5-8)18-7-17-12/h1-7H,(H,17,18)(H,19,20). The zero-order valence-electron chi connectivity index (χ0n) is 10.2. The molecule has 0 aliphatic rings. The highest BCUT2D eigenvalue weighted by Crippen LogP contribution is 2.26. The van der Waals surface area contributed by atoms with Crippen molar-refractivity contribution in [2.24, 2.45) is 0 Å². The van der Waals surface area contributed by atoms with Crippen LogP contribution in [0.2, 0.25) is 10.0 Å². The Morgan fingerprint density at radius 1 is 1.15 bits per heavy atom. The summed E-state index contributed by atoms with van der Waals surface area (Å²) in [5, 5.41) is 3.66. The maximum absolute atomic E-state index is 12.2. The van der Waals surface area contributed by atoms with E-state index >= 15 is 0 Å². The van der Waals surface area contributed by atoms with Gasteiger partial charge in [-0.2, -0.15) is 0 Å². The van der Waals surface area contributed by atoms with Crippen LogP contribution in [0.15, 0.2) is 42.7 Å². The predicted octanol–water partition coefficient (Wildman–Crippen LogP) is 4.12. The molecule has 2 N–H and O–H groups in total. The number of aromatic nitrogens is 2. The molecule has 0 bridgehead atoms. The first-order chi connectivity index (χ1) is 9.63. The van der Waals surface area contributed by atoms with E-state index in [1.54, 1.807) is 42.7 Å². The van der Waals surface area contributed by atoms with E-state index in [9.17, 15) is 4.79 Å². The molecule has 1 heterocycles. The Kier molecular flexibility index (Phi) is 3.34. The average Bonchev–Trinajstić information content (AvgIpc) is 2.89. The highest BCUT2D eigenvalue weighted by molar-refractivity contribution is 6.36. The van der Waals surface area contributed by atoms with Gasteiger partial charge in [0.05, 0.1) is 28.1 Å². The van der Waals surface area contributed by atoms with Gasteiger partial charge in [-0.1, -0.05) is 23.2 Å². The molecule has 0 fully saturated rings. The molecule has 1 amide bonds. The number of hydrogen-bond acceptors (Lipinski definition) is 2. The number of nitrogens with one attached hydrogen (secondary N) is 2. The van der Waals surface area contributed by atoms with Crippen molar-refractivity contribution in [2.45, 2.75) is 0 Å². The Morgan fingerprint density at radius 2 is 2.00 bits per heavy atom. The number of amides is 1. The van der Waals surface area contributed by atoms with E-state index < -0.39 is 0 Å². The largest absolute Gasteiger partial charge is 0.345 e. The molecule has 0 radical (unpaired) electrons. The summed E-state index contributed by atoms with van der Waals surface area (Å²) < 4.78 is 0. The second-order valence-electron chi connectivity index (χ2n) is 4.21. The molecule has 1 aromatic heterocycles. The van der Waals surface area contributed by atoms with Crippen LogP contribution in [0.1, 0.15) is 10.4 Å². The monoisotopic (exact) mass is 305 g/mol. The number of aromatic amines is 1. The van der Waals surface area contributed by atoms with E-state index in [0.717, 1.165) is 11.0 Å². The average molecular weight is 306 g/mol. The van der Waals surface area contributed by atoms with Crippen LogP contribution in [0.5, 0.6) is 0 Å². The number of imidazole rings is 1. The molecule has 100 valence electrons. The van der Waals surface area contributed by atoms with Crippen molar-refractivity contribution in [3.8, 4) is 0 Å². The van der Waals surface area contributed by atoms with Crippen LogP contribution in [0, 0.1) is 0 Å². The molecular weight excluding hydrogens is 297 g/mol. The van der Waals surface area contributed by atoms with Crippen LogP contribution in [0.4, 0.5) is 5.69 Å². The minimum atomic E-state index is -0.245. The summed E-state index contributed by atoms with van der Waals surface area (Å²) in [5.74, 6) is -0.245. The lowest BCUT2D eigenvalue weighted by Crippen LogP contribution is -2.12. The number of H-pyrrole nitrogens is 1. The third-order valence-corrected chi connectivity index (χ3v) is 3.41. The van der Waals surface area contributed by atoms with Gasteiger partial charge in [0.2, 0.25) is 0 Å². The number of carbonyl (C=O) groups is 1. The normalized spacial score (nSPS) is 10.7. The van der Waals surface area contributed by atoms with Gasteiger partial charge in [-0.25, -0.2) is 4.98 Å². The quantitative estimate of drug-likeness (QED) is 0.748. The molecule has 20 heavy (non-hydrogen) atoms. The molecule has 0 saturated carbocycles. The number of carbonyl (C=O) groups excluding carboxylic acids is 1. The number of halogens is 2. The van der Waals surface area contributed by atoms with Gasteiger partial charge in [0.15, 0.2) is 0 Å². The zero-order valence-corrected chi connectivity index (χ0v) is 11.7. The van der Waals surface area contributed by atoms with E-state index in [4.69, 9.17) is 23.2 Å². The first kappa shape index (κ1) is 13.0. The number of fused-ring (bicyclic) bond motifs is 1. The van der Waals surface area contributed by atoms with E-state index in [-0.39, 0.29) is 5.91 Å². The highest BCUT2D eigenvalue weighted by Gasteiger charge is 2.10. The summed E-state index contributed by atoms with van der Waals surface area (Å²) in [6.45, 7) is 0. The smallest absolute Gasteiger partial charge is 0.255 e. The Labute approximate surface area is 124 Å². The second kappa shape index (κ2) is 5.15. The predicted molar refractivity (Wildman–Crippen MR) is 80.5 cm³/mol. The lowest BCUT2D eigenvalue weighted by molar-refractivity contribution is 0.102. The van der Waals surface area contributed by atoms with E-state index in [2.05, 4.69) is 15.3 Å². The molecule has 4 nitrogen and oxygen atoms in total. The van der Waals surface area contributed by atoms with Crippen molar-refractivity contribution < 1.29 is 4.79 Å². The molecule has 3 aromatic rings. The Bertz CT molecular complexity index is 798. The van der Waals surface area contributed by atoms with Crippen LogP contribution in [-0.4, -0.2) is 15.9 Å². The summed E-state index contributed by atoms with van der Waals surface area (Å²) in [6, 6.07) is 10.1. The molecule has 0 aliphatic heterocycles. The van der Waals surface area contributed by atoms with Crippen LogP contribution >= 0.6 is 23.2 Å². The van der Waals surface area contributed by atoms with Gasteiger partial charge in [0, 0.05) is 10.6 Å². The van der Waals surface area contributed by atoms with Crippen molar-refractivity contribution in [1.29, 1.82) is 0 Å². The van der Waals surface area contributed by atoms with E-state index in [1.165, 1.54) is 0 Å². The number of rotatable bonds is 2. The van der Waals surface area contributed by atoms with Gasteiger partial charge in [-0.15, -0.1) is 0 Å². The molecule has 3 rings (SSSR count).